The summed E-state index contributed by atoms with van der Waals surface area (Å²) in [5, 5.41) is 13.3. The van der Waals surface area contributed by atoms with E-state index >= 15 is 0 Å². The molecule has 1 unspecified atom stereocenters. The van der Waals surface area contributed by atoms with Crippen LogP contribution in [0, 0.1) is 0 Å². The normalized spacial score (nSPS) is 19.2. The fourth-order valence-electron chi connectivity index (χ4n) is 2.44. The van der Waals surface area contributed by atoms with Crippen LogP contribution in [0.25, 0.3) is 0 Å². The highest BCUT2D eigenvalue weighted by Crippen LogP contribution is 2.36. The van der Waals surface area contributed by atoms with Crippen molar-refractivity contribution in [2.75, 3.05) is 19.8 Å². The molecule has 1 aromatic carbocycles. The second-order valence-electron chi connectivity index (χ2n) is 6.15. The van der Waals surface area contributed by atoms with E-state index in [1.165, 1.54) is 12.1 Å². The standard InChI is InChI=1S/C16H19F6NO3/c17-13(15(18,19)20)16(21,22)26-12-3-1-11(2-4-12)9-23-10-14(24)5-7-25-8-6-14/h1-4,13,23-24H,5-10H2. The zero-order valence-corrected chi connectivity index (χ0v) is 13.7. The van der Waals surface area contributed by atoms with Gasteiger partial charge in [0.05, 0.1) is 5.60 Å². The average molecular weight is 387 g/mol. The van der Waals surface area contributed by atoms with Crippen LogP contribution < -0.4 is 10.1 Å². The highest BCUT2D eigenvalue weighted by Gasteiger charge is 2.59. The predicted octanol–water partition coefficient (Wildman–Crippen LogP) is 3.19. The maximum Gasteiger partial charge on any atom is 0.439 e. The van der Waals surface area contributed by atoms with Gasteiger partial charge < -0.3 is 19.9 Å². The molecule has 0 radical (unpaired) electrons. The first-order valence-corrected chi connectivity index (χ1v) is 7.89. The molecule has 4 nitrogen and oxygen atoms in total. The predicted molar refractivity (Wildman–Crippen MR) is 79.7 cm³/mol. The maximum atomic E-state index is 13.2. The van der Waals surface area contributed by atoms with E-state index in [9.17, 15) is 31.4 Å². The Hall–Kier alpha value is -1.52. The van der Waals surface area contributed by atoms with Gasteiger partial charge in [-0.3, -0.25) is 0 Å². The van der Waals surface area contributed by atoms with Gasteiger partial charge >= 0.3 is 12.3 Å². The van der Waals surface area contributed by atoms with Gasteiger partial charge in [0, 0.05) is 39.1 Å². The Balaban J connectivity index is 1.86. The maximum absolute atomic E-state index is 13.2. The second-order valence-corrected chi connectivity index (χ2v) is 6.15. The molecule has 2 rings (SSSR count). The minimum Gasteiger partial charge on any atom is -0.430 e. The van der Waals surface area contributed by atoms with Crippen molar-refractivity contribution >= 4 is 0 Å². The van der Waals surface area contributed by atoms with Crippen molar-refractivity contribution < 1.29 is 40.9 Å². The summed E-state index contributed by atoms with van der Waals surface area (Å²) in [5.74, 6) is -0.589. The largest absolute Gasteiger partial charge is 0.439 e. The Labute approximate surface area is 146 Å². The summed E-state index contributed by atoms with van der Waals surface area (Å²) < 4.78 is 84.4. The minimum atomic E-state index is -5.72. The molecule has 0 bridgehead atoms. The lowest BCUT2D eigenvalue weighted by Gasteiger charge is -2.32. The van der Waals surface area contributed by atoms with E-state index in [4.69, 9.17) is 4.74 Å². The zero-order chi connectivity index (χ0) is 19.4. The lowest BCUT2D eigenvalue weighted by Crippen LogP contribution is -2.45. The fourth-order valence-corrected chi connectivity index (χ4v) is 2.44. The van der Waals surface area contributed by atoms with Crippen molar-refractivity contribution in [3.8, 4) is 5.75 Å². The van der Waals surface area contributed by atoms with Crippen LogP contribution in [0.2, 0.25) is 0 Å². The van der Waals surface area contributed by atoms with E-state index in [2.05, 4.69) is 10.1 Å². The molecule has 1 saturated heterocycles. The summed E-state index contributed by atoms with van der Waals surface area (Å²) in [4.78, 5) is 0. The van der Waals surface area contributed by atoms with Crippen molar-refractivity contribution in [3.63, 3.8) is 0 Å². The molecule has 0 saturated carbocycles. The van der Waals surface area contributed by atoms with Crippen LogP contribution in [0.3, 0.4) is 0 Å². The van der Waals surface area contributed by atoms with Gasteiger partial charge in [-0.2, -0.15) is 22.0 Å². The van der Waals surface area contributed by atoms with Crippen LogP contribution in [0.1, 0.15) is 18.4 Å². The first kappa shape index (κ1) is 20.8. The zero-order valence-electron chi connectivity index (χ0n) is 13.7. The molecule has 148 valence electrons. The highest BCUT2D eigenvalue weighted by molar-refractivity contribution is 5.27. The lowest BCUT2D eigenvalue weighted by molar-refractivity contribution is -0.304. The number of halogens is 6. The summed E-state index contributed by atoms with van der Waals surface area (Å²) in [6.45, 7) is 1.54. The third-order valence-corrected chi connectivity index (χ3v) is 3.97. The van der Waals surface area contributed by atoms with Crippen LogP contribution in [0.4, 0.5) is 26.3 Å². The van der Waals surface area contributed by atoms with Gasteiger partial charge in [0.1, 0.15) is 5.75 Å². The highest BCUT2D eigenvalue weighted by atomic mass is 19.4. The monoisotopic (exact) mass is 387 g/mol. The molecule has 0 amide bonds. The smallest absolute Gasteiger partial charge is 0.430 e. The Morgan fingerprint density at radius 3 is 2.23 bits per heavy atom. The molecule has 1 fully saturated rings. The topological polar surface area (TPSA) is 50.7 Å². The third-order valence-electron chi connectivity index (χ3n) is 3.97. The molecule has 0 spiro atoms. The Morgan fingerprint density at radius 1 is 1.12 bits per heavy atom. The first-order chi connectivity index (χ1) is 12.0. The summed E-state index contributed by atoms with van der Waals surface area (Å²) in [7, 11) is 0. The molecule has 26 heavy (non-hydrogen) atoms. The summed E-state index contributed by atoms with van der Waals surface area (Å²) >= 11 is 0. The molecule has 1 aliphatic heterocycles. The van der Waals surface area contributed by atoms with Crippen molar-refractivity contribution in [3.05, 3.63) is 29.8 Å². The van der Waals surface area contributed by atoms with Crippen LogP contribution in [0.5, 0.6) is 5.75 Å². The van der Waals surface area contributed by atoms with Gasteiger partial charge in [-0.1, -0.05) is 12.1 Å². The summed E-state index contributed by atoms with van der Waals surface area (Å²) in [6, 6.07) is 4.76. The van der Waals surface area contributed by atoms with E-state index in [0.717, 1.165) is 12.1 Å². The number of hydrogen-bond acceptors (Lipinski definition) is 4. The van der Waals surface area contributed by atoms with Gasteiger partial charge in [-0.25, -0.2) is 4.39 Å². The molecular weight excluding hydrogens is 368 g/mol. The number of nitrogens with one attached hydrogen (secondary N) is 1. The average Bonchev–Trinajstić information content (AvgIpc) is 2.55. The SMILES string of the molecule is OC1(CNCc2ccc(OC(F)(F)C(F)C(F)(F)F)cc2)CCOCC1. The second kappa shape index (κ2) is 8.01. The van der Waals surface area contributed by atoms with E-state index in [1.807, 2.05) is 0 Å². The van der Waals surface area contributed by atoms with Gasteiger partial charge in [-0.15, -0.1) is 0 Å². The van der Waals surface area contributed by atoms with Gasteiger partial charge in [-0.05, 0) is 17.7 Å². The lowest BCUT2D eigenvalue weighted by atomic mass is 9.94. The number of alkyl halides is 6. The van der Waals surface area contributed by atoms with Crippen molar-refractivity contribution in [1.29, 1.82) is 0 Å². The molecular formula is C16H19F6NO3. The molecule has 0 aliphatic carbocycles. The van der Waals surface area contributed by atoms with Gasteiger partial charge in [0.25, 0.3) is 6.17 Å². The quantitative estimate of drug-likeness (QED) is 0.706. The number of aliphatic hydroxyl groups is 1. The van der Waals surface area contributed by atoms with Crippen molar-refractivity contribution in [1.82, 2.24) is 5.32 Å². The number of rotatable bonds is 7. The van der Waals surface area contributed by atoms with E-state index in [1.54, 1.807) is 0 Å². The number of benzene rings is 1. The molecule has 1 heterocycles. The van der Waals surface area contributed by atoms with Gasteiger partial charge in [0.15, 0.2) is 0 Å². The molecule has 0 aromatic heterocycles. The van der Waals surface area contributed by atoms with Crippen LogP contribution >= 0.6 is 0 Å². The van der Waals surface area contributed by atoms with Crippen LogP contribution in [-0.2, 0) is 11.3 Å². The Bertz CT molecular complexity index is 572. The molecule has 10 heteroatoms. The number of ether oxygens (including phenoxy) is 2. The first-order valence-electron chi connectivity index (χ1n) is 7.89. The van der Waals surface area contributed by atoms with E-state index in [-0.39, 0.29) is 0 Å². The number of hydrogen-bond donors (Lipinski definition) is 2. The van der Waals surface area contributed by atoms with Crippen LogP contribution in [0.15, 0.2) is 24.3 Å². The molecule has 2 N–H and O–H groups in total. The Kier molecular flexibility index (Phi) is 6.41. The van der Waals surface area contributed by atoms with E-state index in [0.29, 0.717) is 44.7 Å². The fraction of sp³-hybridized carbons (Fsp3) is 0.625. The van der Waals surface area contributed by atoms with Crippen molar-refractivity contribution in [2.24, 2.45) is 0 Å². The third kappa shape index (κ3) is 5.75. The minimum absolute atomic E-state index is 0.300. The molecule has 1 aromatic rings. The van der Waals surface area contributed by atoms with E-state index < -0.39 is 29.8 Å². The summed E-state index contributed by atoms with van der Waals surface area (Å²) in [5.41, 5.74) is -0.249. The van der Waals surface area contributed by atoms with Crippen LogP contribution in [-0.4, -0.2) is 48.9 Å². The van der Waals surface area contributed by atoms with Crippen molar-refractivity contribution in [2.45, 2.75) is 43.4 Å². The van der Waals surface area contributed by atoms with Gasteiger partial charge in [0.2, 0.25) is 0 Å². The Morgan fingerprint density at radius 2 is 1.69 bits per heavy atom. The molecule has 1 aliphatic rings. The summed E-state index contributed by atoms with van der Waals surface area (Å²) in [6.07, 6.45) is -14.2. The molecule has 1 atom stereocenters.